The van der Waals surface area contributed by atoms with Crippen LogP contribution in [-0.4, -0.2) is 10.4 Å². The van der Waals surface area contributed by atoms with E-state index in [4.69, 9.17) is 0 Å². The van der Waals surface area contributed by atoms with Gasteiger partial charge < -0.3 is 4.57 Å². The number of benzene rings is 1. The molecule has 0 unspecified atom stereocenters. The molecule has 1 aromatic carbocycles. The van der Waals surface area contributed by atoms with Crippen molar-refractivity contribution >= 4 is 5.78 Å². The third-order valence-electron chi connectivity index (χ3n) is 5.19. The van der Waals surface area contributed by atoms with Gasteiger partial charge in [-0.15, -0.1) is 6.58 Å². The highest BCUT2D eigenvalue weighted by Crippen LogP contribution is 2.45. The molecule has 2 aromatic rings. The lowest BCUT2D eigenvalue weighted by Crippen LogP contribution is -2.19. The average Bonchev–Trinajstić information content (AvgIpc) is 3.08. The summed E-state index contributed by atoms with van der Waals surface area (Å²) in [6.45, 7) is 9.05. The van der Waals surface area contributed by atoms with Crippen molar-refractivity contribution in [2.45, 2.75) is 45.6 Å². The fourth-order valence-corrected chi connectivity index (χ4v) is 4.13. The Bertz CT molecular complexity index is 711. The Labute approximate surface area is 145 Å². The minimum atomic E-state index is 0.137. The van der Waals surface area contributed by atoms with Gasteiger partial charge in [0, 0.05) is 18.7 Å². The van der Waals surface area contributed by atoms with E-state index < -0.39 is 0 Å². The van der Waals surface area contributed by atoms with E-state index in [0.29, 0.717) is 17.6 Å². The third-order valence-corrected chi connectivity index (χ3v) is 5.19. The van der Waals surface area contributed by atoms with E-state index in [1.165, 1.54) is 11.1 Å². The van der Waals surface area contributed by atoms with Crippen molar-refractivity contribution in [3.63, 3.8) is 0 Å². The summed E-state index contributed by atoms with van der Waals surface area (Å²) in [4.78, 5) is 13.1. The molecule has 126 valence electrons. The monoisotopic (exact) mass is 321 g/mol. The molecule has 0 spiro atoms. The van der Waals surface area contributed by atoms with Gasteiger partial charge in [0.15, 0.2) is 5.78 Å². The maximum atomic E-state index is 13.1. The Morgan fingerprint density at radius 3 is 2.62 bits per heavy atom. The van der Waals surface area contributed by atoms with Crippen LogP contribution in [0.1, 0.15) is 60.6 Å². The summed E-state index contributed by atoms with van der Waals surface area (Å²) in [7, 11) is 0. The lowest BCUT2D eigenvalue weighted by atomic mass is 9.80. The number of rotatable bonds is 7. The van der Waals surface area contributed by atoms with Crippen molar-refractivity contribution in [3.05, 3.63) is 72.1 Å². The van der Waals surface area contributed by atoms with Gasteiger partial charge in [-0.2, -0.15) is 0 Å². The lowest BCUT2D eigenvalue weighted by Gasteiger charge is -2.22. The van der Waals surface area contributed by atoms with Gasteiger partial charge in [-0.3, -0.25) is 4.79 Å². The fraction of sp³-hybridized carbons (Fsp3) is 0.409. The number of hydrogen-bond donors (Lipinski definition) is 0. The Balaban J connectivity index is 1.88. The Kier molecular flexibility index (Phi) is 5.03. The summed E-state index contributed by atoms with van der Waals surface area (Å²) in [5.41, 5.74) is 3.44. The van der Waals surface area contributed by atoms with Crippen molar-refractivity contribution in [2.75, 3.05) is 0 Å². The lowest BCUT2D eigenvalue weighted by molar-refractivity contribution is 0.0894. The van der Waals surface area contributed by atoms with Crippen molar-refractivity contribution in [3.8, 4) is 0 Å². The third kappa shape index (κ3) is 3.10. The molecule has 2 heteroatoms. The molecule has 0 bridgehead atoms. The molecule has 0 fully saturated rings. The van der Waals surface area contributed by atoms with E-state index in [-0.39, 0.29) is 5.92 Å². The second-order valence-electron chi connectivity index (χ2n) is 7.19. The molecule has 1 aromatic heterocycles. The minimum absolute atomic E-state index is 0.137. The molecule has 0 radical (unpaired) electrons. The molecule has 0 aliphatic heterocycles. The zero-order valence-electron chi connectivity index (χ0n) is 14.7. The van der Waals surface area contributed by atoms with E-state index in [0.717, 1.165) is 31.5 Å². The number of carbonyl (C=O) groups is 1. The van der Waals surface area contributed by atoms with Gasteiger partial charge in [-0.25, -0.2) is 0 Å². The number of aromatic nitrogens is 1. The first-order valence-electron chi connectivity index (χ1n) is 9.01. The molecule has 3 rings (SSSR count). The zero-order chi connectivity index (χ0) is 17.1. The summed E-state index contributed by atoms with van der Waals surface area (Å²) in [5, 5.41) is 0. The zero-order valence-corrected chi connectivity index (χ0v) is 14.7. The smallest absolute Gasteiger partial charge is 0.183 e. The maximum absolute atomic E-state index is 13.1. The number of fused-ring (bicyclic) bond motifs is 1. The summed E-state index contributed by atoms with van der Waals surface area (Å²) in [5.74, 6) is 1.32. The van der Waals surface area contributed by atoms with Crippen molar-refractivity contribution in [1.29, 1.82) is 0 Å². The van der Waals surface area contributed by atoms with Gasteiger partial charge in [-0.1, -0.05) is 50.3 Å². The molecular formula is C22H27NO. The minimum Gasteiger partial charge on any atom is -0.340 e. The van der Waals surface area contributed by atoms with Crippen LogP contribution in [0.15, 0.2) is 55.3 Å². The highest BCUT2D eigenvalue weighted by molar-refractivity contribution is 6.02. The number of hydrogen-bond acceptors (Lipinski definition) is 1. The molecule has 24 heavy (non-hydrogen) atoms. The van der Waals surface area contributed by atoms with E-state index in [1.807, 2.05) is 12.1 Å². The van der Waals surface area contributed by atoms with E-state index in [2.05, 4.69) is 61.5 Å². The van der Waals surface area contributed by atoms with Crippen molar-refractivity contribution in [2.24, 2.45) is 11.8 Å². The summed E-state index contributed by atoms with van der Waals surface area (Å²) < 4.78 is 2.15. The molecular weight excluding hydrogens is 294 g/mol. The number of nitrogens with zero attached hydrogens (tertiary/aromatic N) is 1. The number of unbranched alkanes of at least 4 members (excludes halogenated alkanes) is 1. The van der Waals surface area contributed by atoms with Gasteiger partial charge >= 0.3 is 0 Å². The van der Waals surface area contributed by atoms with Crippen molar-refractivity contribution in [1.82, 2.24) is 4.57 Å². The number of allylic oxidation sites excluding steroid dienone is 1. The van der Waals surface area contributed by atoms with Gasteiger partial charge in [0.1, 0.15) is 0 Å². The topological polar surface area (TPSA) is 22.0 Å². The molecule has 1 aliphatic carbocycles. The summed E-state index contributed by atoms with van der Waals surface area (Å²) >= 11 is 0. The molecule has 2 atom stereocenters. The van der Waals surface area contributed by atoms with Crippen LogP contribution in [-0.2, 0) is 6.54 Å². The van der Waals surface area contributed by atoms with Crippen LogP contribution in [0.2, 0.25) is 0 Å². The van der Waals surface area contributed by atoms with Crippen LogP contribution in [0.3, 0.4) is 0 Å². The number of Topliss-reactive ketones (excluding diaryl/α,β-unsaturated/α-hetero) is 1. The second-order valence-corrected chi connectivity index (χ2v) is 7.19. The van der Waals surface area contributed by atoms with Crippen LogP contribution in [0.25, 0.3) is 0 Å². The van der Waals surface area contributed by atoms with Gasteiger partial charge in [0.05, 0.1) is 5.69 Å². The van der Waals surface area contributed by atoms with E-state index in [9.17, 15) is 4.79 Å². The van der Waals surface area contributed by atoms with E-state index >= 15 is 0 Å². The standard InChI is InChI=1S/C22H27NO/c1-4-5-7-12-19-20(16(2)3)18-13-14-23(21(18)22(19)24)15-17-10-8-6-9-11-17/h4,6,8-11,13-14,16,19-20H,1,5,7,12,15H2,2-3H3/t19-,20+/m1/s1. The van der Waals surface area contributed by atoms with Crippen LogP contribution in [0.4, 0.5) is 0 Å². The Morgan fingerprint density at radius 2 is 1.96 bits per heavy atom. The predicted molar refractivity (Wildman–Crippen MR) is 99.4 cm³/mol. The Hall–Kier alpha value is -2.09. The van der Waals surface area contributed by atoms with Crippen LogP contribution in [0, 0.1) is 11.8 Å². The predicted octanol–water partition coefficient (Wildman–Crippen LogP) is 5.44. The second kappa shape index (κ2) is 7.21. The molecule has 1 aliphatic rings. The van der Waals surface area contributed by atoms with Crippen LogP contribution in [0.5, 0.6) is 0 Å². The fourth-order valence-electron chi connectivity index (χ4n) is 4.13. The molecule has 0 amide bonds. The average molecular weight is 321 g/mol. The highest BCUT2D eigenvalue weighted by atomic mass is 16.1. The molecule has 0 saturated heterocycles. The van der Waals surface area contributed by atoms with Crippen molar-refractivity contribution < 1.29 is 4.79 Å². The molecule has 0 saturated carbocycles. The normalized spacial score (nSPS) is 19.7. The summed E-state index contributed by atoms with van der Waals surface area (Å²) in [6, 6.07) is 12.5. The Morgan fingerprint density at radius 1 is 1.21 bits per heavy atom. The molecule has 2 nitrogen and oxygen atoms in total. The molecule has 0 N–H and O–H groups in total. The first-order valence-corrected chi connectivity index (χ1v) is 9.01. The highest BCUT2D eigenvalue weighted by Gasteiger charge is 2.42. The molecule has 1 heterocycles. The largest absolute Gasteiger partial charge is 0.340 e. The van der Waals surface area contributed by atoms with Gasteiger partial charge in [0.2, 0.25) is 0 Å². The van der Waals surface area contributed by atoms with Crippen LogP contribution >= 0.6 is 0 Å². The first kappa shape index (κ1) is 16.8. The first-order chi connectivity index (χ1) is 11.6. The van der Waals surface area contributed by atoms with Crippen LogP contribution < -0.4 is 0 Å². The number of ketones is 1. The SMILES string of the molecule is C=CCCC[C@H]1C(=O)c2c(ccn2Cc2ccccc2)[C@@H]1C(C)C. The van der Waals surface area contributed by atoms with Gasteiger partial charge in [0.25, 0.3) is 0 Å². The maximum Gasteiger partial charge on any atom is 0.183 e. The van der Waals surface area contributed by atoms with Gasteiger partial charge in [-0.05, 0) is 48.3 Å². The van der Waals surface area contributed by atoms with E-state index in [1.54, 1.807) is 0 Å². The number of carbonyl (C=O) groups excluding carboxylic acids is 1. The quantitative estimate of drug-likeness (QED) is 0.491. The summed E-state index contributed by atoms with van der Waals surface area (Å²) in [6.07, 6.45) is 7.04.